The zero-order chi connectivity index (χ0) is 27.2. The predicted octanol–water partition coefficient (Wildman–Crippen LogP) is 7.84. The van der Waals surface area contributed by atoms with Gasteiger partial charge in [0.15, 0.2) is 0 Å². The molecule has 198 valence electrons. The Bertz CT molecular complexity index is 1230. The highest BCUT2D eigenvalue weighted by Crippen LogP contribution is 2.49. The number of amides is 2. The number of anilines is 2. The SMILES string of the molecule is CC(C)(C)c1ccc([C@H]2SCC(=O)N2c2ccccc2N2C(=O)CS[C@H]2c2ccc(C(C)(C)C)cc2)cc1. The van der Waals surface area contributed by atoms with E-state index in [1.165, 1.54) is 11.1 Å². The zero-order valence-corrected chi connectivity index (χ0v) is 24.7. The van der Waals surface area contributed by atoms with Crippen LogP contribution in [0.3, 0.4) is 0 Å². The van der Waals surface area contributed by atoms with Gasteiger partial charge in [-0.1, -0.05) is 102 Å². The van der Waals surface area contributed by atoms with Crippen LogP contribution in [0.5, 0.6) is 0 Å². The van der Waals surface area contributed by atoms with Gasteiger partial charge in [-0.05, 0) is 45.2 Å². The van der Waals surface area contributed by atoms with Crippen molar-refractivity contribution in [3.05, 3.63) is 95.1 Å². The van der Waals surface area contributed by atoms with E-state index in [0.717, 1.165) is 22.5 Å². The van der Waals surface area contributed by atoms with Crippen LogP contribution in [0.15, 0.2) is 72.8 Å². The molecule has 0 saturated carbocycles. The number of rotatable bonds is 4. The first-order valence-corrected chi connectivity index (χ1v) is 15.2. The third kappa shape index (κ3) is 5.13. The van der Waals surface area contributed by atoms with E-state index in [1.807, 2.05) is 34.1 Å². The lowest BCUT2D eigenvalue weighted by molar-refractivity contribution is -0.116. The molecule has 2 heterocycles. The molecule has 0 aliphatic carbocycles. The Kier molecular flexibility index (Phi) is 7.16. The number of para-hydroxylation sites is 2. The lowest BCUT2D eigenvalue weighted by Gasteiger charge is -2.32. The zero-order valence-electron chi connectivity index (χ0n) is 23.0. The van der Waals surface area contributed by atoms with Crippen molar-refractivity contribution in [3.8, 4) is 0 Å². The van der Waals surface area contributed by atoms with Gasteiger partial charge in [0.25, 0.3) is 0 Å². The molecular weight excluding hydrogens is 508 g/mol. The molecular formula is C32H36N2O2S2. The maximum absolute atomic E-state index is 13.3. The quantitative estimate of drug-likeness (QED) is 0.335. The van der Waals surface area contributed by atoms with E-state index < -0.39 is 0 Å². The van der Waals surface area contributed by atoms with Gasteiger partial charge >= 0.3 is 0 Å². The first kappa shape index (κ1) is 26.9. The Balaban J connectivity index is 1.51. The van der Waals surface area contributed by atoms with Crippen LogP contribution in [0.2, 0.25) is 0 Å². The topological polar surface area (TPSA) is 40.6 Å². The summed E-state index contributed by atoms with van der Waals surface area (Å²) < 4.78 is 0. The fourth-order valence-corrected chi connectivity index (χ4v) is 7.37. The van der Waals surface area contributed by atoms with E-state index in [1.54, 1.807) is 23.5 Å². The fraction of sp³-hybridized carbons (Fsp3) is 0.375. The van der Waals surface area contributed by atoms with E-state index >= 15 is 0 Å². The highest BCUT2D eigenvalue weighted by molar-refractivity contribution is 8.01. The van der Waals surface area contributed by atoms with Gasteiger partial charge in [-0.2, -0.15) is 0 Å². The van der Waals surface area contributed by atoms with E-state index in [-0.39, 0.29) is 33.4 Å². The normalized spacial score (nSPS) is 20.5. The summed E-state index contributed by atoms with van der Waals surface area (Å²) in [6, 6.07) is 25.1. The molecule has 2 aliphatic rings. The molecule has 5 rings (SSSR count). The van der Waals surface area contributed by atoms with E-state index in [2.05, 4.69) is 90.1 Å². The van der Waals surface area contributed by atoms with Crippen molar-refractivity contribution in [2.75, 3.05) is 21.3 Å². The van der Waals surface area contributed by atoms with Gasteiger partial charge < -0.3 is 0 Å². The second kappa shape index (κ2) is 10.1. The first-order chi connectivity index (χ1) is 17.9. The van der Waals surface area contributed by atoms with Gasteiger partial charge in [-0.25, -0.2) is 0 Å². The van der Waals surface area contributed by atoms with Crippen molar-refractivity contribution in [2.45, 2.75) is 63.1 Å². The van der Waals surface area contributed by atoms with Crippen LogP contribution < -0.4 is 9.80 Å². The van der Waals surface area contributed by atoms with Gasteiger partial charge in [0.05, 0.1) is 22.9 Å². The van der Waals surface area contributed by atoms with Gasteiger partial charge in [0, 0.05) is 0 Å². The summed E-state index contributed by atoms with van der Waals surface area (Å²) in [4.78, 5) is 30.4. The molecule has 2 saturated heterocycles. The summed E-state index contributed by atoms with van der Waals surface area (Å²) in [7, 11) is 0. The van der Waals surface area contributed by atoms with Crippen LogP contribution in [-0.4, -0.2) is 23.3 Å². The maximum atomic E-state index is 13.3. The molecule has 6 heteroatoms. The minimum Gasteiger partial charge on any atom is -0.293 e. The highest BCUT2D eigenvalue weighted by atomic mass is 32.2. The molecule has 2 fully saturated rings. The second-order valence-corrected chi connectivity index (χ2v) is 14.2. The summed E-state index contributed by atoms with van der Waals surface area (Å²) in [6.07, 6.45) is 0. The standard InChI is InChI=1S/C32H36N2O2S2/c1-31(2,3)23-15-11-21(12-16-23)29-33(27(35)19-37-29)25-9-7-8-10-26(25)34-28(36)20-38-30(34)22-13-17-24(18-14-22)32(4,5)6/h7-18,29-30H,19-20H2,1-6H3/t29-,30+. The van der Waals surface area contributed by atoms with Crippen molar-refractivity contribution >= 4 is 46.7 Å². The Hall–Kier alpha value is -2.70. The van der Waals surface area contributed by atoms with Crippen LogP contribution in [0.1, 0.15) is 74.5 Å². The maximum Gasteiger partial charge on any atom is 0.238 e. The third-order valence-corrected chi connectivity index (χ3v) is 9.68. The molecule has 2 amide bonds. The van der Waals surface area contributed by atoms with Crippen molar-refractivity contribution in [1.29, 1.82) is 0 Å². The average molecular weight is 545 g/mol. The van der Waals surface area contributed by atoms with E-state index in [4.69, 9.17) is 0 Å². The number of carbonyl (C=O) groups is 2. The minimum absolute atomic E-state index is 0.0668. The van der Waals surface area contributed by atoms with Crippen molar-refractivity contribution in [2.24, 2.45) is 0 Å². The van der Waals surface area contributed by atoms with Crippen LogP contribution in [-0.2, 0) is 20.4 Å². The van der Waals surface area contributed by atoms with Crippen LogP contribution in [0.4, 0.5) is 11.4 Å². The monoisotopic (exact) mass is 544 g/mol. The average Bonchev–Trinajstić information content (AvgIpc) is 3.45. The Morgan fingerprint density at radius 2 is 0.921 bits per heavy atom. The second-order valence-electron chi connectivity index (χ2n) is 12.1. The minimum atomic E-state index is -0.132. The van der Waals surface area contributed by atoms with Gasteiger partial charge in [0.2, 0.25) is 11.8 Å². The summed E-state index contributed by atoms with van der Waals surface area (Å²) in [5.41, 5.74) is 6.44. The molecule has 0 N–H and O–H groups in total. The fourth-order valence-electron chi connectivity index (χ4n) is 5.03. The molecule has 3 aromatic carbocycles. The van der Waals surface area contributed by atoms with E-state index in [9.17, 15) is 9.59 Å². The molecule has 0 spiro atoms. The van der Waals surface area contributed by atoms with Crippen molar-refractivity contribution in [1.82, 2.24) is 0 Å². The lowest BCUT2D eigenvalue weighted by atomic mass is 9.86. The van der Waals surface area contributed by atoms with Crippen molar-refractivity contribution < 1.29 is 9.59 Å². The molecule has 0 unspecified atom stereocenters. The lowest BCUT2D eigenvalue weighted by Crippen LogP contribution is -2.33. The molecule has 3 aromatic rings. The Labute approximate surface area is 235 Å². The van der Waals surface area contributed by atoms with Crippen LogP contribution in [0, 0.1) is 0 Å². The van der Waals surface area contributed by atoms with Gasteiger partial charge in [0.1, 0.15) is 10.7 Å². The Morgan fingerprint density at radius 1 is 0.579 bits per heavy atom. The summed E-state index contributed by atoms with van der Waals surface area (Å²) >= 11 is 3.28. The molecule has 0 radical (unpaired) electrons. The molecule has 2 atom stereocenters. The van der Waals surface area contributed by atoms with Crippen molar-refractivity contribution in [3.63, 3.8) is 0 Å². The number of thioether (sulfide) groups is 2. The highest BCUT2D eigenvalue weighted by Gasteiger charge is 2.40. The molecule has 0 bridgehead atoms. The molecule has 0 aromatic heterocycles. The first-order valence-electron chi connectivity index (χ1n) is 13.1. The van der Waals surface area contributed by atoms with Crippen LogP contribution in [0.25, 0.3) is 0 Å². The van der Waals surface area contributed by atoms with Gasteiger partial charge in [-0.15, -0.1) is 23.5 Å². The summed E-state index contributed by atoms with van der Waals surface area (Å²) in [5.74, 6) is 0.969. The number of benzene rings is 3. The van der Waals surface area contributed by atoms with E-state index in [0.29, 0.717) is 11.5 Å². The largest absolute Gasteiger partial charge is 0.293 e. The molecule has 38 heavy (non-hydrogen) atoms. The molecule has 4 nitrogen and oxygen atoms in total. The summed E-state index contributed by atoms with van der Waals surface area (Å²) in [5, 5.41) is -0.264. The summed E-state index contributed by atoms with van der Waals surface area (Å²) in [6.45, 7) is 13.2. The predicted molar refractivity (Wildman–Crippen MR) is 162 cm³/mol. The third-order valence-electron chi connectivity index (χ3n) is 7.26. The smallest absolute Gasteiger partial charge is 0.238 e. The number of nitrogens with zero attached hydrogens (tertiary/aromatic N) is 2. The number of carbonyl (C=O) groups excluding carboxylic acids is 2. The van der Waals surface area contributed by atoms with Gasteiger partial charge in [-0.3, -0.25) is 19.4 Å². The number of hydrogen-bond acceptors (Lipinski definition) is 4. The number of hydrogen-bond donors (Lipinski definition) is 0. The Morgan fingerprint density at radius 3 is 1.24 bits per heavy atom. The molecule has 2 aliphatic heterocycles. The van der Waals surface area contributed by atoms with Crippen LogP contribution >= 0.6 is 23.5 Å².